The SMILES string of the molecule is CCOc1ccccc1[C@H](CC(C)C)Nc1c(C#N)c(=O)n(C)c(=O)n1C. The van der Waals surface area contributed by atoms with Crippen LogP contribution in [0.1, 0.15) is 44.4 Å². The van der Waals surface area contributed by atoms with Crippen LogP contribution >= 0.6 is 0 Å². The van der Waals surface area contributed by atoms with E-state index in [4.69, 9.17) is 4.74 Å². The van der Waals surface area contributed by atoms with Gasteiger partial charge in [-0.25, -0.2) is 4.79 Å². The minimum atomic E-state index is -0.607. The Labute approximate surface area is 158 Å². The molecule has 1 heterocycles. The van der Waals surface area contributed by atoms with E-state index >= 15 is 0 Å². The molecule has 1 atom stereocenters. The summed E-state index contributed by atoms with van der Waals surface area (Å²) in [4.78, 5) is 24.7. The zero-order chi connectivity index (χ0) is 20.1. The molecule has 0 aliphatic rings. The lowest BCUT2D eigenvalue weighted by Gasteiger charge is -2.26. The average Bonchev–Trinajstić information content (AvgIpc) is 2.64. The first-order valence-corrected chi connectivity index (χ1v) is 9.00. The van der Waals surface area contributed by atoms with Crippen molar-refractivity contribution in [3.63, 3.8) is 0 Å². The standard InChI is InChI=1S/C20H26N4O3/c1-6-27-17-10-8-7-9-14(17)16(11-13(2)3)22-18-15(12-21)19(25)24(5)20(26)23(18)4/h7-10,13,16,22H,6,11H2,1-5H3/t16-/m0/s1. The molecular weight excluding hydrogens is 344 g/mol. The van der Waals surface area contributed by atoms with Gasteiger partial charge in [0.15, 0.2) is 5.56 Å². The molecule has 144 valence electrons. The highest BCUT2D eigenvalue weighted by Gasteiger charge is 2.22. The molecule has 1 aromatic heterocycles. The fraction of sp³-hybridized carbons (Fsp3) is 0.450. The molecule has 0 saturated heterocycles. The quantitative estimate of drug-likeness (QED) is 0.809. The first-order chi connectivity index (χ1) is 12.8. The van der Waals surface area contributed by atoms with Crippen LogP contribution in [0.25, 0.3) is 0 Å². The lowest BCUT2D eigenvalue weighted by molar-refractivity contribution is 0.333. The van der Waals surface area contributed by atoms with Crippen molar-refractivity contribution in [2.75, 3.05) is 11.9 Å². The fourth-order valence-electron chi connectivity index (χ4n) is 3.07. The van der Waals surface area contributed by atoms with Gasteiger partial charge in [0.2, 0.25) is 0 Å². The third kappa shape index (κ3) is 4.22. The summed E-state index contributed by atoms with van der Waals surface area (Å²) in [6, 6.07) is 9.37. The van der Waals surface area contributed by atoms with Crippen LogP contribution in [0.3, 0.4) is 0 Å². The highest BCUT2D eigenvalue weighted by atomic mass is 16.5. The van der Waals surface area contributed by atoms with Crippen molar-refractivity contribution in [1.82, 2.24) is 9.13 Å². The third-order valence-electron chi connectivity index (χ3n) is 4.39. The maximum absolute atomic E-state index is 12.4. The highest BCUT2D eigenvalue weighted by molar-refractivity contribution is 5.53. The van der Waals surface area contributed by atoms with Gasteiger partial charge in [0.05, 0.1) is 12.6 Å². The topological polar surface area (TPSA) is 89.1 Å². The van der Waals surface area contributed by atoms with Gasteiger partial charge < -0.3 is 10.1 Å². The summed E-state index contributed by atoms with van der Waals surface area (Å²) < 4.78 is 7.99. The zero-order valence-electron chi connectivity index (χ0n) is 16.4. The maximum Gasteiger partial charge on any atom is 0.332 e. The summed E-state index contributed by atoms with van der Waals surface area (Å²) >= 11 is 0. The lowest BCUT2D eigenvalue weighted by Crippen LogP contribution is -2.40. The van der Waals surface area contributed by atoms with Gasteiger partial charge in [0, 0.05) is 19.7 Å². The summed E-state index contributed by atoms with van der Waals surface area (Å²) in [5.41, 5.74) is -0.250. The van der Waals surface area contributed by atoms with Crippen LogP contribution < -0.4 is 21.3 Å². The van der Waals surface area contributed by atoms with Crippen LogP contribution in [0.4, 0.5) is 5.82 Å². The smallest absolute Gasteiger partial charge is 0.332 e. The van der Waals surface area contributed by atoms with Crippen molar-refractivity contribution in [3.05, 3.63) is 56.2 Å². The molecule has 0 amide bonds. The number of rotatable bonds is 7. The molecule has 0 radical (unpaired) electrons. The number of nitriles is 1. The predicted octanol–water partition coefficient (Wildman–Crippen LogP) is 2.55. The number of nitrogens with zero attached hydrogens (tertiary/aromatic N) is 3. The molecule has 7 nitrogen and oxygen atoms in total. The predicted molar refractivity (Wildman–Crippen MR) is 105 cm³/mol. The average molecular weight is 370 g/mol. The van der Waals surface area contributed by atoms with Gasteiger partial charge in [-0.1, -0.05) is 32.0 Å². The van der Waals surface area contributed by atoms with E-state index in [1.165, 1.54) is 11.6 Å². The van der Waals surface area contributed by atoms with E-state index in [-0.39, 0.29) is 17.4 Å². The molecule has 1 N–H and O–H groups in total. The first-order valence-electron chi connectivity index (χ1n) is 9.00. The van der Waals surface area contributed by atoms with E-state index in [9.17, 15) is 14.9 Å². The molecule has 0 bridgehead atoms. The van der Waals surface area contributed by atoms with Crippen LogP contribution in [0.15, 0.2) is 33.9 Å². The van der Waals surface area contributed by atoms with Crippen LogP contribution in [-0.4, -0.2) is 15.7 Å². The van der Waals surface area contributed by atoms with Crippen LogP contribution in [0.2, 0.25) is 0 Å². The Balaban J connectivity index is 2.62. The van der Waals surface area contributed by atoms with Crippen molar-refractivity contribution in [3.8, 4) is 11.8 Å². The van der Waals surface area contributed by atoms with E-state index in [0.717, 1.165) is 22.3 Å². The molecule has 0 unspecified atom stereocenters. The molecule has 27 heavy (non-hydrogen) atoms. The molecule has 2 aromatic rings. The molecule has 0 aliphatic heterocycles. The maximum atomic E-state index is 12.4. The van der Waals surface area contributed by atoms with E-state index in [2.05, 4.69) is 19.2 Å². The summed E-state index contributed by atoms with van der Waals surface area (Å²) in [6.07, 6.45) is 0.734. The number of aromatic nitrogens is 2. The van der Waals surface area contributed by atoms with Crippen molar-refractivity contribution < 1.29 is 4.74 Å². The summed E-state index contributed by atoms with van der Waals surface area (Å²) in [5.74, 6) is 1.30. The summed E-state index contributed by atoms with van der Waals surface area (Å²) in [7, 11) is 2.91. The summed E-state index contributed by atoms with van der Waals surface area (Å²) in [5, 5.41) is 12.8. The van der Waals surface area contributed by atoms with Gasteiger partial charge in [-0.3, -0.25) is 13.9 Å². The lowest BCUT2D eigenvalue weighted by atomic mass is 9.96. The van der Waals surface area contributed by atoms with Gasteiger partial charge in [-0.2, -0.15) is 5.26 Å². The Morgan fingerprint density at radius 2 is 1.85 bits per heavy atom. The number of benzene rings is 1. The van der Waals surface area contributed by atoms with Crippen molar-refractivity contribution in [2.24, 2.45) is 20.0 Å². The monoisotopic (exact) mass is 370 g/mol. The van der Waals surface area contributed by atoms with E-state index in [0.29, 0.717) is 12.5 Å². The number of ether oxygens (including phenoxy) is 1. The van der Waals surface area contributed by atoms with Gasteiger partial charge in [0.1, 0.15) is 17.6 Å². The fourth-order valence-corrected chi connectivity index (χ4v) is 3.07. The van der Waals surface area contributed by atoms with Gasteiger partial charge in [0.25, 0.3) is 5.56 Å². The largest absolute Gasteiger partial charge is 0.494 e. The van der Waals surface area contributed by atoms with E-state index < -0.39 is 11.2 Å². The van der Waals surface area contributed by atoms with E-state index in [1.807, 2.05) is 37.3 Å². The number of hydrogen-bond donors (Lipinski definition) is 1. The molecule has 0 saturated carbocycles. The molecule has 1 aromatic carbocycles. The zero-order valence-corrected chi connectivity index (χ0v) is 16.4. The van der Waals surface area contributed by atoms with E-state index in [1.54, 1.807) is 7.05 Å². The number of para-hydroxylation sites is 1. The van der Waals surface area contributed by atoms with Crippen molar-refractivity contribution in [1.29, 1.82) is 5.26 Å². The molecule has 7 heteroatoms. The van der Waals surface area contributed by atoms with Gasteiger partial charge >= 0.3 is 5.69 Å². The second kappa shape index (κ2) is 8.58. The molecule has 2 rings (SSSR count). The number of nitrogens with one attached hydrogen (secondary N) is 1. The normalized spacial score (nSPS) is 11.9. The Morgan fingerprint density at radius 3 is 2.44 bits per heavy atom. The van der Waals surface area contributed by atoms with Gasteiger partial charge in [-0.05, 0) is 25.3 Å². The highest BCUT2D eigenvalue weighted by Crippen LogP contribution is 2.32. The third-order valence-corrected chi connectivity index (χ3v) is 4.39. The van der Waals surface area contributed by atoms with Crippen LogP contribution in [0, 0.1) is 17.2 Å². The second-order valence-electron chi connectivity index (χ2n) is 6.84. The van der Waals surface area contributed by atoms with Crippen LogP contribution in [-0.2, 0) is 14.1 Å². The molecular formula is C20H26N4O3. The number of anilines is 1. The first kappa shape index (κ1) is 20.3. The van der Waals surface area contributed by atoms with Gasteiger partial charge in [-0.15, -0.1) is 0 Å². The Morgan fingerprint density at radius 1 is 1.19 bits per heavy atom. The Bertz CT molecular complexity index is 967. The molecule has 0 aliphatic carbocycles. The van der Waals surface area contributed by atoms with Crippen LogP contribution in [0.5, 0.6) is 5.75 Å². The van der Waals surface area contributed by atoms with Crippen molar-refractivity contribution in [2.45, 2.75) is 33.2 Å². The summed E-state index contributed by atoms with van der Waals surface area (Å²) in [6.45, 7) is 6.62. The Hall–Kier alpha value is -3.01. The number of hydrogen-bond acceptors (Lipinski definition) is 5. The van der Waals surface area contributed by atoms with Crippen molar-refractivity contribution >= 4 is 5.82 Å². The molecule has 0 spiro atoms. The Kier molecular flexibility index (Phi) is 6.45. The molecule has 0 fully saturated rings. The minimum absolute atomic E-state index is 0.0813. The minimum Gasteiger partial charge on any atom is -0.494 e. The second-order valence-corrected chi connectivity index (χ2v) is 6.84.